The van der Waals surface area contributed by atoms with Crippen molar-refractivity contribution < 1.29 is 14.7 Å². The number of nitrogens with zero attached hydrogens (tertiary/aromatic N) is 2. The third-order valence-corrected chi connectivity index (χ3v) is 5.51. The van der Waals surface area contributed by atoms with E-state index in [9.17, 15) is 9.59 Å². The zero-order chi connectivity index (χ0) is 17.8. The first-order valence-corrected chi connectivity index (χ1v) is 9.17. The van der Waals surface area contributed by atoms with E-state index in [2.05, 4.69) is 0 Å². The second-order valence-corrected chi connectivity index (χ2v) is 7.10. The van der Waals surface area contributed by atoms with E-state index in [0.29, 0.717) is 24.9 Å². The first-order valence-electron chi connectivity index (χ1n) is 9.17. The summed E-state index contributed by atoms with van der Waals surface area (Å²) in [6.07, 6.45) is 4.97. The molecule has 6 nitrogen and oxygen atoms in total. The first-order chi connectivity index (χ1) is 12.1. The predicted octanol–water partition coefficient (Wildman–Crippen LogP) is 2.46. The number of aliphatic carboxylic acids is 1. The normalized spacial score (nSPS) is 24.0. The molecule has 0 radical (unpaired) electrons. The van der Waals surface area contributed by atoms with Gasteiger partial charge in [0.1, 0.15) is 0 Å². The Bertz CT molecular complexity index is 609. The van der Waals surface area contributed by atoms with Crippen molar-refractivity contribution in [1.29, 1.82) is 0 Å². The lowest BCUT2D eigenvalue weighted by molar-refractivity contribution is -0.136. The molecule has 0 aromatic heterocycles. The number of aryl methyl sites for hydroxylation is 1. The lowest BCUT2D eigenvalue weighted by atomic mass is 9.85. The van der Waals surface area contributed by atoms with Crippen LogP contribution in [0.1, 0.15) is 37.7 Å². The van der Waals surface area contributed by atoms with Crippen LogP contribution in [-0.4, -0.2) is 47.7 Å². The van der Waals surface area contributed by atoms with E-state index in [4.69, 9.17) is 10.8 Å². The zero-order valence-electron chi connectivity index (χ0n) is 14.6. The van der Waals surface area contributed by atoms with Crippen LogP contribution in [0.15, 0.2) is 24.3 Å². The molecule has 3 rings (SSSR count). The molecule has 2 aliphatic rings. The average Bonchev–Trinajstić information content (AvgIpc) is 3.02. The molecule has 1 aromatic rings. The number of carbonyl (C=O) groups is 2. The van der Waals surface area contributed by atoms with Crippen molar-refractivity contribution in [3.05, 3.63) is 29.8 Å². The van der Waals surface area contributed by atoms with Gasteiger partial charge in [0.2, 0.25) is 0 Å². The second-order valence-electron chi connectivity index (χ2n) is 7.10. The second kappa shape index (κ2) is 7.87. The molecule has 1 aliphatic carbocycles. The largest absolute Gasteiger partial charge is 0.481 e. The molecule has 25 heavy (non-hydrogen) atoms. The standard InChI is InChI=1S/C19H27N3O3/c20-13-15-3-8-17(9-4-15)22-12-11-21(19(22)25)16-6-1-14(2-7-16)5-10-18(23)24/h1-2,6-7,15,17H,3-5,8-13,20H2,(H,23,24). The van der Waals surface area contributed by atoms with Crippen LogP contribution < -0.4 is 10.6 Å². The van der Waals surface area contributed by atoms with E-state index in [-0.39, 0.29) is 12.5 Å². The van der Waals surface area contributed by atoms with Crippen molar-refractivity contribution in [3.8, 4) is 0 Å². The number of benzene rings is 1. The summed E-state index contributed by atoms with van der Waals surface area (Å²) in [5, 5.41) is 8.76. The molecule has 0 bridgehead atoms. The van der Waals surface area contributed by atoms with Crippen LogP contribution >= 0.6 is 0 Å². The number of carbonyl (C=O) groups excluding carboxylic acids is 1. The van der Waals surface area contributed by atoms with Crippen LogP contribution in [0, 0.1) is 5.92 Å². The van der Waals surface area contributed by atoms with E-state index >= 15 is 0 Å². The van der Waals surface area contributed by atoms with Crippen molar-refractivity contribution in [2.75, 3.05) is 24.5 Å². The zero-order valence-corrected chi connectivity index (χ0v) is 14.6. The Morgan fingerprint density at radius 3 is 2.40 bits per heavy atom. The van der Waals surface area contributed by atoms with Gasteiger partial charge in [-0.15, -0.1) is 0 Å². The summed E-state index contributed by atoms with van der Waals surface area (Å²) in [5.74, 6) is -0.179. The molecular weight excluding hydrogens is 318 g/mol. The first kappa shape index (κ1) is 17.7. The number of nitrogens with two attached hydrogens (primary N) is 1. The Kier molecular flexibility index (Phi) is 5.58. The summed E-state index contributed by atoms with van der Waals surface area (Å²) in [7, 11) is 0. The van der Waals surface area contributed by atoms with Gasteiger partial charge in [0.15, 0.2) is 0 Å². The Balaban J connectivity index is 1.59. The van der Waals surface area contributed by atoms with Crippen LogP contribution in [0.3, 0.4) is 0 Å². The summed E-state index contributed by atoms with van der Waals surface area (Å²) in [6, 6.07) is 8.11. The van der Waals surface area contributed by atoms with E-state index in [1.165, 1.54) is 0 Å². The third kappa shape index (κ3) is 4.12. The van der Waals surface area contributed by atoms with E-state index < -0.39 is 5.97 Å². The highest BCUT2D eigenvalue weighted by Crippen LogP contribution is 2.30. The van der Waals surface area contributed by atoms with Crippen LogP contribution in [-0.2, 0) is 11.2 Å². The van der Waals surface area contributed by atoms with Crippen molar-refractivity contribution in [2.24, 2.45) is 11.7 Å². The SMILES string of the molecule is NCC1CCC(N2CCN(c3ccc(CCC(=O)O)cc3)C2=O)CC1. The fourth-order valence-corrected chi connectivity index (χ4v) is 3.92. The lowest BCUT2D eigenvalue weighted by Gasteiger charge is -2.34. The number of rotatable bonds is 6. The average molecular weight is 345 g/mol. The molecule has 1 saturated carbocycles. The van der Waals surface area contributed by atoms with Crippen LogP contribution in [0.4, 0.5) is 10.5 Å². The summed E-state index contributed by atoms with van der Waals surface area (Å²) in [6.45, 7) is 2.24. The molecule has 1 heterocycles. The van der Waals surface area contributed by atoms with Crippen LogP contribution in [0.25, 0.3) is 0 Å². The summed E-state index contributed by atoms with van der Waals surface area (Å²) in [4.78, 5) is 27.3. The quantitative estimate of drug-likeness (QED) is 0.829. The molecule has 136 valence electrons. The maximum absolute atomic E-state index is 12.8. The maximum Gasteiger partial charge on any atom is 0.324 e. The Hall–Kier alpha value is -2.08. The molecule has 6 heteroatoms. The predicted molar refractivity (Wildman–Crippen MR) is 96.6 cm³/mol. The molecule has 2 amide bonds. The molecule has 2 fully saturated rings. The number of carboxylic acids is 1. The van der Waals surface area contributed by atoms with Gasteiger partial charge >= 0.3 is 12.0 Å². The summed E-state index contributed by atoms with van der Waals surface area (Å²) >= 11 is 0. The van der Waals surface area contributed by atoms with Crippen molar-refractivity contribution >= 4 is 17.7 Å². The molecule has 3 N–H and O–H groups in total. The molecule has 1 aliphatic heterocycles. The highest BCUT2D eigenvalue weighted by molar-refractivity contribution is 5.94. The Morgan fingerprint density at radius 1 is 1.12 bits per heavy atom. The van der Waals surface area contributed by atoms with Crippen molar-refractivity contribution in [2.45, 2.75) is 44.6 Å². The van der Waals surface area contributed by atoms with Gasteiger partial charge in [-0.2, -0.15) is 0 Å². The van der Waals surface area contributed by atoms with Gasteiger partial charge in [0.25, 0.3) is 0 Å². The minimum Gasteiger partial charge on any atom is -0.481 e. The highest BCUT2D eigenvalue weighted by Gasteiger charge is 2.36. The van der Waals surface area contributed by atoms with E-state index in [0.717, 1.165) is 50.0 Å². The number of carboxylic acid groups (broad SMARTS) is 1. The van der Waals surface area contributed by atoms with Crippen LogP contribution in [0.5, 0.6) is 0 Å². The van der Waals surface area contributed by atoms with E-state index in [1.807, 2.05) is 34.1 Å². The van der Waals surface area contributed by atoms with Crippen molar-refractivity contribution in [3.63, 3.8) is 0 Å². The number of hydrogen-bond donors (Lipinski definition) is 2. The van der Waals surface area contributed by atoms with Gasteiger partial charge < -0.3 is 15.7 Å². The fourth-order valence-electron chi connectivity index (χ4n) is 3.92. The monoisotopic (exact) mass is 345 g/mol. The fraction of sp³-hybridized carbons (Fsp3) is 0.579. The minimum atomic E-state index is -0.793. The smallest absolute Gasteiger partial charge is 0.324 e. The molecule has 0 unspecified atom stereocenters. The molecular formula is C19H27N3O3. The summed E-state index contributed by atoms with van der Waals surface area (Å²) in [5.41, 5.74) is 7.63. The topological polar surface area (TPSA) is 86.9 Å². The van der Waals surface area contributed by atoms with Gasteiger partial charge in [-0.25, -0.2) is 4.79 Å². The van der Waals surface area contributed by atoms with Crippen molar-refractivity contribution in [1.82, 2.24) is 4.90 Å². The lowest BCUT2D eigenvalue weighted by Crippen LogP contribution is -2.42. The number of amides is 2. The highest BCUT2D eigenvalue weighted by atomic mass is 16.4. The Labute approximate surface area is 148 Å². The molecule has 1 aromatic carbocycles. The van der Waals surface area contributed by atoms with Gasteiger partial charge in [-0.3, -0.25) is 9.69 Å². The number of hydrogen-bond acceptors (Lipinski definition) is 3. The van der Waals surface area contributed by atoms with Crippen LogP contribution in [0.2, 0.25) is 0 Å². The maximum atomic E-state index is 12.8. The third-order valence-electron chi connectivity index (χ3n) is 5.51. The molecule has 1 saturated heterocycles. The minimum absolute atomic E-state index is 0.0921. The summed E-state index contributed by atoms with van der Waals surface area (Å²) < 4.78 is 0. The molecule has 0 atom stereocenters. The number of anilines is 1. The van der Waals surface area contributed by atoms with Gasteiger partial charge in [-0.1, -0.05) is 12.1 Å². The van der Waals surface area contributed by atoms with Gasteiger partial charge in [0, 0.05) is 31.2 Å². The number of urea groups is 1. The van der Waals surface area contributed by atoms with E-state index in [1.54, 1.807) is 0 Å². The Morgan fingerprint density at radius 2 is 1.80 bits per heavy atom. The van der Waals surface area contributed by atoms with Gasteiger partial charge in [0.05, 0.1) is 0 Å². The molecule has 0 spiro atoms. The van der Waals surface area contributed by atoms with Gasteiger partial charge in [-0.05, 0) is 62.3 Å².